The topological polar surface area (TPSA) is 3.24 Å². The molecule has 2 unspecified atom stereocenters. The van der Waals surface area contributed by atoms with Crippen molar-refractivity contribution in [1.29, 1.82) is 0 Å². The van der Waals surface area contributed by atoms with Gasteiger partial charge in [0.25, 0.3) is 0 Å². The molecule has 0 aliphatic heterocycles. The summed E-state index contributed by atoms with van der Waals surface area (Å²) in [5, 5.41) is 0. The molecule has 292 valence electrons. The zero-order chi connectivity index (χ0) is 41.0. The van der Waals surface area contributed by atoms with E-state index in [4.69, 9.17) is 0 Å². The Morgan fingerprint density at radius 3 is 1.88 bits per heavy atom. The second-order valence-electron chi connectivity index (χ2n) is 18.1. The van der Waals surface area contributed by atoms with Gasteiger partial charge in [-0.15, -0.1) is 0 Å². The second kappa shape index (κ2) is 14.8. The zero-order valence-electron chi connectivity index (χ0n) is 35.2. The van der Waals surface area contributed by atoms with Crippen molar-refractivity contribution in [3.05, 3.63) is 240 Å². The maximum Gasteiger partial charge on any atom is 0.0540 e. The summed E-state index contributed by atoms with van der Waals surface area (Å²) in [7, 11) is 0. The highest BCUT2D eigenvalue weighted by Gasteiger charge is 2.37. The number of hydrogen-bond acceptors (Lipinski definition) is 1. The van der Waals surface area contributed by atoms with Crippen LogP contribution in [-0.4, -0.2) is 0 Å². The lowest BCUT2D eigenvalue weighted by atomic mass is 9.70. The third-order valence-corrected chi connectivity index (χ3v) is 13.1. The fraction of sp³-hybridized carbons (Fsp3) is 0.153. The maximum atomic E-state index is 2.51. The van der Waals surface area contributed by atoms with E-state index in [0.29, 0.717) is 0 Å². The molecule has 0 N–H and O–H groups in total. The fourth-order valence-electron chi connectivity index (χ4n) is 10.0. The Balaban J connectivity index is 1.14. The minimum Gasteiger partial charge on any atom is -0.310 e. The van der Waals surface area contributed by atoms with E-state index in [1.165, 1.54) is 78.0 Å². The van der Waals surface area contributed by atoms with Crippen LogP contribution in [-0.2, 0) is 10.8 Å². The van der Waals surface area contributed by atoms with Crippen molar-refractivity contribution in [3.8, 4) is 33.4 Å². The average Bonchev–Trinajstić information content (AvgIpc) is 3.52. The maximum absolute atomic E-state index is 2.51. The van der Waals surface area contributed by atoms with Gasteiger partial charge in [-0.3, -0.25) is 0 Å². The van der Waals surface area contributed by atoms with Crippen LogP contribution in [0.1, 0.15) is 68.4 Å². The smallest absolute Gasteiger partial charge is 0.0540 e. The molecule has 7 aromatic carbocycles. The molecule has 3 aliphatic carbocycles. The normalized spacial score (nSPS) is 17.3. The van der Waals surface area contributed by atoms with Crippen molar-refractivity contribution in [2.24, 2.45) is 5.92 Å². The average molecular weight is 774 g/mol. The van der Waals surface area contributed by atoms with Crippen LogP contribution in [0.3, 0.4) is 0 Å². The minimum absolute atomic E-state index is 0.0521. The van der Waals surface area contributed by atoms with Crippen LogP contribution in [0, 0.1) is 5.92 Å². The first-order valence-corrected chi connectivity index (χ1v) is 21.4. The van der Waals surface area contributed by atoms with Gasteiger partial charge in [0.1, 0.15) is 0 Å². The van der Waals surface area contributed by atoms with E-state index in [2.05, 4.69) is 246 Å². The van der Waals surface area contributed by atoms with E-state index >= 15 is 0 Å². The highest BCUT2D eigenvalue weighted by molar-refractivity contribution is 5.94. The summed E-state index contributed by atoms with van der Waals surface area (Å²) in [6.07, 6.45) is 13.8. The van der Waals surface area contributed by atoms with Crippen LogP contribution in [0.15, 0.2) is 212 Å². The molecule has 0 fully saturated rings. The van der Waals surface area contributed by atoms with Crippen molar-refractivity contribution >= 4 is 22.6 Å². The number of anilines is 3. The van der Waals surface area contributed by atoms with E-state index in [-0.39, 0.29) is 22.7 Å². The molecule has 0 amide bonds. The summed E-state index contributed by atoms with van der Waals surface area (Å²) in [4.78, 5) is 2.51. The highest BCUT2D eigenvalue weighted by Crippen LogP contribution is 2.53. The first-order valence-electron chi connectivity index (χ1n) is 21.4. The molecule has 7 aromatic rings. The molecule has 1 nitrogen and oxygen atoms in total. The van der Waals surface area contributed by atoms with Crippen molar-refractivity contribution < 1.29 is 0 Å². The number of nitrogens with zero attached hydrogens (tertiary/aromatic N) is 1. The third-order valence-electron chi connectivity index (χ3n) is 13.1. The van der Waals surface area contributed by atoms with E-state index in [1.807, 2.05) is 0 Å². The molecular formula is C59H51N. The molecule has 0 bridgehead atoms. The lowest BCUT2D eigenvalue weighted by Gasteiger charge is -2.36. The molecule has 2 atom stereocenters. The lowest BCUT2D eigenvalue weighted by molar-refractivity contribution is 0.590. The molecule has 0 heterocycles. The van der Waals surface area contributed by atoms with Gasteiger partial charge in [-0.2, -0.15) is 0 Å². The second-order valence-corrected chi connectivity index (χ2v) is 18.1. The Kier molecular flexibility index (Phi) is 9.29. The molecule has 60 heavy (non-hydrogen) atoms. The largest absolute Gasteiger partial charge is 0.310 e. The molecule has 0 saturated carbocycles. The molecule has 0 aromatic heterocycles. The van der Waals surface area contributed by atoms with Crippen LogP contribution in [0.4, 0.5) is 17.1 Å². The van der Waals surface area contributed by atoms with Gasteiger partial charge in [0.2, 0.25) is 0 Å². The number of rotatable bonds is 7. The molecule has 0 radical (unpaired) electrons. The van der Waals surface area contributed by atoms with Crippen molar-refractivity contribution in [1.82, 2.24) is 0 Å². The Hall–Kier alpha value is -6.70. The molecule has 1 heteroatoms. The van der Waals surface area contributed by atoms with Gasteiger partial charge in [-0.25, -0.2) is 0 Å². The quantitative estimate of drug-likeness (QED) is 0.156. The van der Waals surface area contributed by atoms with Crippen LogP contribution >= 0.6 is 0 Å². The molecular weight excluding hydrogens is 723 g/mol. The number of hydrogen-bond donors (Lipinski definition) is 0. The monoisotopic (exact) mass is 773 g/mol. The molecule has 3 aliphatic rings. The number of para-hydroxylation sites is 2. The first-order chi connectivity index (χ1) is 29.2. The number of benzene rings is 7. The molecule has 0 spiro atoms. The van der Waals surface area contributed by atoms with Gasteiger partial charge in [0.15, 0.2) is 0 Å². The summed E-state index contributed by atoms with van der Waals surface area (Å²) in [5.74, 6) is 0.299. The Bertz CT molecular complexity index is 2860. The van der Waals surface area contributed by atoms with Crippen molar-refractivity contribution in [3.63, 3.8) is 0 Å². The Morgan fingerprint density at radius 2 is 1.12 bits per heavy atom. The number of fused-ring (bicyclic) bond motifs is 4. The summed E-state index contributed by atoms with van der Waals surface area (Å²) < 4.78 is 0. The van der Waals surface area contributed by atoms with Gasteiger partial charge in [-0.05, 0) is 96.5 Å². The van der Waals surface area contributed by atoms with E-state index in [0.717, 1.165) is 11.4 Å². The van der Waals surface area contributed by atoms with Gasteiger partial charge in [0, 0.05) is 34.2 Å². The first kappa shape index (κ1) is 37.6. The summed E-state index contributed by atoms with van der Waals surface area (Å²) >= 11 is 0. The van der Waals surface area contributed by atoms with Gasteiger partial charge in [0.05, 0.1) is 5.69 Å². The Morgan fingerprint density at radius 1 is 0.500 bits per heavy atom. The van der Waals surface area contributed by atoms with Gasteiger partial charge < -0.3 is 4.90 Å². The SMILES string of the molecule is CC(C)(C)c1ccc(-c2ccccc2N(c2ccc(-c3cccc4c3-c3ccccc3C4(C)C)cc2)c2ccccc2C2C=CC=C3C=CC=C(c4ccccc4)C32)cc1. The highest BCUT2D eigenvalue weighted by atomic mass is 15.1. The predicted molar refractivity (Wildman–Crippen MR) is 255 cm³/mol. The summed E-state index contributed by atoms with van der Waals surface area (Å²) in [6.45, 7) is 11.6. The Labute approximate surface area is 356 Å². The van der Waals surface area contributed by atoms with E-state index < -0.39 is 0 Å². The fourth-order valence-corrected chi connectivity index (χ4v) is 10.0. The van der Waals surface area contributed by atoms with Gasteiger partial charge >= 0.3 is 0 Å². The van der Waals surface area contributed by atoms with Crippen molar-refractivity contribution in [2.75, 3.05) is 4.90 Å². The van der Waals surface area contributed by atoms with Crippen LogP contribution < -0.4 is 4.90 Å². The molecule has 0 saturated heterocycles. The minimum atomic E-state index is -0.0521. The third kappa shape index (κ3) is 6.41. The lowest BCUT2D eigenvalue weighted by Crippen LogP contribution is -2.22. The van der Waals surface area contributed by atoms with E-state index in [1.54, 1.807) is 0 Å². The molecule has 10 rings (SSSR count). The summed E-state index contributed by atoms with van der Waals surface area (Å²) in [6, 6.07) is 63.2. The van der Waals surface area contributed by atoms with Crippen LogP contribution in [0.2, 0.25) is 0 Å². The standard InChI is InChI=1S/C59H51N/c1-58(2,3)44-36-32-41(33-37-44)46-22-10-13-30-54(46)60(45-38-34-42(35-39-45)48-26-17-29-53-57(48)51-24-9-12-28-52(51)59(53,4)5)55-31-14-11-23-49(55)50-27-16-21-43-20-15-25-47(56(43)50)40-18-7-6-8-19-40/h6-39,50,56H,1-5H3. The van der Waals surface area contributed by atoms with Crippen molar-refractivity contribution in [2.45, 2.75) is 51.4 Å². The zero-order valence-corrected chi connectivity index (χ0v) is 35.2. The number of allylic oxidation sites excluding steroid dienone is 8. The predicted octanol–water partition coefficient (Wildman–Crippen LogP) is 15.9. The van der Waals surface area contributed by atoms with Crippen LogP contribution in [0.5, 0.6) is 0 Å². The van der Waals surface area contributed by atoms with E-state index in [9.17, 15) is 0 Å². The summed E-state index contributed by atoms with van der Waals surface area (Å²) in [5.41, 5.74) is 20.4. The van der Waals surface area contributed by atoms with Crippen LogP contribution in [0.25, 0.3) is 39.0 Å². The van der Waals surface area contributed by atoms with Gasteiger partial charge in [-0.1, -0.05) is 217 Å².